The van der Waals surface area contributed by atoms with Gasteiger partial charge in [-0.25, -0.2) is 0 Å². The zero-order valence-corrected chi connectivity index (χ0v) is 10.1. The third-order valence-electron chi connectivity index (χ3n) is 0.421. The van der Waals surface area contributed by atoms with Crippen molar-refractivity contribution in [1.82, 2.24) is 0 Å². The lowest BCUT2D eigenvalue weighted by Gasteiger charge is -1.81. The summed E-state index contributed by atoms with van der Waals surface area (Å²) in [4.78, 5) is 9.82. The molecule has 0 saturated carbocycles. The summed E-state index contributed by atoms with van der Waals surface area (Å²) in [5.74, 6) is -0.435. The van der Waals surface area contributed by atoms with E-state index in [-0.39, 0.29) is 0 Å². The normalized spacial score (nSPS) is 7.67. The van der Waals surface area contributed by atoms with Crippen LogP contribution in [-0.4, -0.2) is 26.9 Å². The lowest BCUT2D eigenvalue weighted by Crippen LogP contribution is -2.10. The molecule has 0 aliphatic rings. The molecule has 1 amide bonds. The van der Waals surface area contributed by atoms with Crippen LogP contribution in [-0.2, 0) is 8.91 Å². The van der Waals surface area contributed by atoms with Crippen molar-refractivity contribution in [2.24, 2.45) is 5.73 Å². The Kier molecular flexibility index (Phi) is 9.64. The lowest BCUT2D eigenvalue weighted by molar-refractivity contribution is -0.114. The molecule has 0 aromatic heterocycles. The van der Waals surface area contributed by atoms with Crippen LogP contribution in [0, 0.1) is 0 Å². The third kappa shape index (κ3) is 18.4. The molecule has 0 atom stereocenters. The molecule has 9 heavy (non-hydrogen) atoms. The Hall–Kier alpha value is -0.396. The third-order valence-corrected chi connectivity index (χ3v) is 0.421. The monoisotopic (exact) mass is 163 g/mol. The van der Waals surface area contributed by atoms with Gasteiger partial charge in [-0.3, -0.25) is 4.79 Å². The molecule has 54 valence electrons. The Bertz CT molecular complexity index is 92.7. The quantitative estimate of drug-likeness (QED) is 0.346. The molecule has 0 unspecified atom stereocenters. The average molecular weight is 163 g/mol. The first kappa shape index (κ1) is 11.4. The van der Waals surface area contributed by atoms with E-state index in [1.807, 2.05) is 0 Å². The first-order chi connectivity index (χ1) is 4.06. The van der Waals surface area contributed by atoms with E-state index in [0.717, 1.165) is 21.0 Å². The van der Waals surface area contributed by atoms with Gasteiger partial charge in [0.25, 0.3) is 0 Å². The molecule has 0 rings (SSSR count). The minimum Gasteiger partial charge on any atom is -0.471 e. The highest BCUT2D eigenvalue weighted by molar-refractivity contribution is 6.15. The molecule has 0 bridgehead atoms. The summed E-state index contributed by atoms with van der Waals surface area (Å²) in [6.07, 6.45) is 0. The van der Waals surface area contributed by atoms with Crippen molar-refractivity contribution in [3.63, 3.8) is 0 Å². The van der Waals surface area contributed by atoms with Crippen molar-refractivity contribution in [3.05, 3.63) is 12.2 Å². The lowest BCUT2D eigenvalue weighted by atomic mass is 10.3. The van der Waals surface area contributed by atoms with Crippen LogP contribution in [0.4, 0.5) is 0 Å². The highest BCUT2D eigenvalue weighted by Gasteiger charge is 1.86. The molecule has 5 heteroatoms. The van der Waals surface area contributed by atoms with Gasteiger partial charge in [-0.05, 0) is 6.92 Å². The Morgan fingerprint density at radius 1 is 1.67 bits per heavy atom. The number of amides is 1. The summed E-state index contributed by atoms with van der Waals surface area (Å²) in [5, 5.41) is 0. The topological polar surface area (TPSA) is 52.3 Å². The standard InChI is InChI=1S/C4H7NO.H6OSi2/c1-3(2)4(5)6;2-1-3/h1H2,2H3,(H2,5,6);2-3H3. The van der Waals surface area contributed by atoms with Crippen LogP contribution in [0.5, 0.6) is 0 Å². The molecule has 0 spiro atoms. The SMILES string of the molecule is C=C(C)C(N)=O.[SiH3]O[SiH3]. The van der Waals surface area contributed by atoms with E-state index in [1.165, 1.54) is 0 Å². The van der Waals surface area contributed by atoms with Gasteiger partial charge in [0.05, 0.1) is 0 Å². The Morgan fingerprint density at radius 2 is 1.78 bits per heavy atom. The van der Waals surface area contributed by atoms with Crippen LogP contribution in [0.1, 0.15) is 6.92 Å². The van der Waals surface area contributed by atoms with Gasteiger partial charge < -0.3 is 9.85 Å². The highest BCUT2D eigenvalue weighted by Crippen LogP contribution is 1.78. The molecule has 0 fully saturated rings. The van der Waals surface area contributed by atoms with Crippen LogP contribution in [0.15, 0.2) is 12.2 Å². The van der Waals surface area contributed by atoms with Crippen molar-refractivity contribution < 1.29 is 8.91 Å². The van der Waals surface area contributed by atoms with Crippen LogP contribution in [0.2, 0.25) is 0 Å². The van der Waals surface area contributed by atoms with Crippen molar-refractivity contribution in [3.8, 4) is 0 Å². The van der Waals surface area contributed by atoms with E-state index in [2.05, 4.69) is 10.7 Å². The van der Waals surface area contributed by atoms with Crippen LogP contribution >= 0.6 is 0 Å². The molecule has 2 N–H and O–H groups in total. The molecule has 0 heterocycles. The van der Waals surface area contributed by atoms with Crippen molar-refractivity contribution in [2.45, 2.75) is 6.92 Å². The molecule has 0 aromatic carbocycles. The second-order valence-corrected chi connectivity index (χ2v) is 4.82. The first-order valence-corrected chi connectivity index (χ1v) is 4.05. The van der Waals surface area contributed by atoms with E-state index in [4.69, 9.17) is 5.73 Å². The first-order valence-electron chi connectivity index (χ1n) is 2.41. The van der Waals surface area contributed by atoms with Crippen molar-refractivity contribution in [1.29, 1.82) is 0 Å². The molecule has 0 aliphatic carbocycles. The van der Waals surface area contributed by atoms with Gasteiger partial charge in [0.1, 0.15) is 21.0 Å². The molecule has 0 radical (unpaired) electrons. The summed E-state index contributed by atoms with van der Waals surface area (Å²) in [6.45, 7) is 4.85. The predicted octanol–water partition coefficient (Wildman–Crippen LogP) is -2.39. The van der Waals surface area contributed by atoms with Crippen LogP contribution in [0.25, 0.3) is 0 Å². The Balaban J connectivity index is 0. The summed E-state index contributed by atoms with van der Waals surface area (Å²) < 4.78 is 4.53. The molecule has 0 aromatic rings. The summed E-state index contributed by atoms with van der Waals surface area (Å²) >= 11 is 0. The number of primary amides is 1. The number of hydrogen-bond acceptors (Lipinski definition) is 2. The smallest absolute Gasteiger partial charge is 0.243 e. The summed E-state index contributed by atoms with van der Waals surface area (Å²) in [5.41, 5.74) is 5.09. The van der Waals surface area contributed by atoms with Gasteiger partial charge >= 0.3 is 0 Å². The van der Waals surface area contributed by atoms with E-state index in [0.29, 0.717) is 5.57 Å². The van der Waals surface area contributed by atoms with E-state index < -0.39 is 5.91 Å². The van der Waals surface area contributed by atoms with Gasteiger partial charge in [-0.15, -0.1) is 0 Å². The maximum atomic E-state index is 9.82. The second kappa shape index (κ2) is 7.60. The fourth-order valence-electron chi connectivity index (χ4n) is 0. The van der Waals surface area contributed by atoms with Crippen molar-refractivity contribution in [2.75, 3.05) is 0 Å². The number of carbonyl (C=O) groups excluding carboxylic acids is 1. The van der Waals surface area contributed by atoms with E-state index in [1.54, 1.807) is 6.92 Å². The molecule has 3 nitrogen and oxygen atoms in total. The van der Waals surface area contributed by atoms with Gasteiger partial charge in [-0.2, -0.15) is 0 Å². The van der Waals surface area contributed by atoms with Gasteiger partial charge in [0, 0.05) is 5.57 Å². The molecular weight excluding hydrogens is 150 g/mol. The van der Waals surface area contributed by atoms with Gasteiger partial charge in [-0.1, -0.05) is 6.58 Å². The maximum absolute atomic E-state index is 9.82. The number of hydrogen-bond donors (Lipinski definition) is 1. The highest BCUT2D eigenvalue weighted by atomic mass is 28.3. The second-order valence-electron chi connectivity index (χ2n) is 1.55. The fraction of sp³-hybridized carbons (Fsp3) is 0.250. The number of carbonyl (C=O) groups is 1. The molecule has 0 saturated heterocycles. The van der Waals surface area contributed by atoms with Gasteiger partial charge in [0.15, 0.2) is 0 Å². The summed E-state index contributed by atoms with van der Waals surface area (Å²) in [7, 11) is 1.86. The van der Waals surface area contributed by atoms with Crippen molar-refractivity contribution >= 4 is 26.9 Å². The number of rotatable bonds is 1. The minimum absolute atomic E-state index is 0.398. The minimum atomic E-state index is -0.435. The molecule has 0 aliphatic heterocycles. The number of nitrogens with two attached hydrogens (primary N) is 1. The fourth-order valence-corrected chi connectivity index (χ4v) is 0. The zero-order valence-electron chi connectivity index (χ0n) is 6.10. The maximum Gasteiger partial charge on any atom is 0.243 e. The van der Waals surface area contributed by atoms with Gasteiger partial charge in [0.2, 0.25) is 5.91 Å². The predicted molar refractivity (Wildman–Crippen MR) is 45.0 cm³/mol. The Morgan fingerprint density at radius 3 is 1.78 bits per heavy atom. The van der Waals surface area contributed by atoms with E-state index in [9.17, 15) is 4.79 Å². The average Bonchev–Trinajstić information content (AvgIpc) is 1.68. The molecular formula is C4H13NO2Si2. The zero-order chi connectivity index (χ0) is 7.86. The largest absolute Gasteiger partial charge is 0.471 e. The summed E-state index contributed by atoms with van der Waals surface area (Å²) in [6, 6.07) is 0. The van der Waals surface area contributed by atoms with Crippen LogP contribution < -0.4 is 5.73 Å². The van der Waals surface area contributed by atoms with Crippen LogP contribution in [0.3, 0.4) is 0 Å². The Labute approximate surface area is 61.4 Å². The van der Waals surface area contributed by atoms with E-state index >= 15 is 0 Å².